The molecule has 0 saturated carbocycles. The first kappa shape index (κ1) is 13.2. The van der Waals surface area contributed by atoms with E-state index in [-0.39, 0.29) is 11.8 Å². The molecule has 0 radical (unpaired) electrons. The van der Waals surface area contributed by atoms with E-state index in [1.54, 1.807) is 11.3 Å². The number of nitrogens with one attached hydrogen (secondary N) is 1. The zero-order chi connectivity index (χ0) is 12.0. The number of carbonyl (C=O) groups excluding carboxylic acids is 1. The number of aryl methyl sites for hydroxylation is 1. The van der Waals surface area contributed by atoms with E-state index < -0.39 is 0 Å². The lowest BCUT2D eigenvalue weighted by molar-refractivity contribution is -0.125. The maximum atomic E-state index is 11.8. The van der Waals surface area contributed by atoms with Gasteiger partial charge in [0.1, 0.15) is 0 Å². The second kappa shape index (κ2) is 6.66. The fraction of sp³-hybridized carbons (Fsp3) is 0.583. The molecule has 1 rings (SSSR count). The average molecular weight is 240 g/mol. The van der Waals surface area contributed by atoms with Gasteiger partial charge < -0.3 is 11.1 Å². The van der Waals surface area contributed by atoms with Crippen LogP contribution in [0, 0.1) is 12.8 Å². The Hall–Kier alpha value is -0.870. The average Bonchev–Trinajstić information content (AvgIpc) is 2.68. The molecule has 0 aliphatic heterocycles. The van der Waals surface area contributed by atoms with Crippen molar-refractivity contribution in [3.8, 4) is 0 Å². The molecule has 1 heterocycles. The predicted molar refractivity (Wildman–Crippen MR) is 68.4 cm³/mol. The molecular formula is C12H20N2OS. The molecule has 1 atom stereocenters. The molecule has 0 aliphatic rings. The molecule has 1 unspecified atom stereocenters. The second-order valence-corrected chi connectivity index (χ2v) is 4.97. The van der Waals surface area contributed by atoms with Crippen LogP contribution in [0.25, 0.3) is 0 Å². The van der Waals surface area contributed by atoms with E-state index in [2.05, 4.69) is 25.2 Å². The minimum Gasteiger partial charge on any atom is -0.351 e. The molecule has 90 valence electrons. The van der Waals surface area contributed by atoms with E-state index in [1.165, 1.54) is 10.4 Å². The Morgan fingerprint density at radius 2 is 2.38 bits per heavy atom. The van der Waals surface area contributed by atoms with Crippen molar-refractivity contribution in [1.29, 1.82) is 0 Å². The maximum absolute atomic E-state index is 11.8. The van der Waals surface area contributed by atoms with Crippen molar-refractivity contribution in [2.45, 2.75) is 33.2 Å². The summed E-state index contributed by atoms with van der Waals surface area (Å²) in [6.45, 7) is 5.19. The van der Waals surface area contributed by atoms with Gasteiger partial charge in [-0.15, -0.1) is 11.3 Å². The van der Waals surface area contributed by atoms with Gasteiger partial charge in [-0.3, -0.25) is 4.79 Å². The quantitative estimate of drug-likeness (QED) is 0.799. The van der Waals surface area contributed by atoms with Crippen LogP contribution in [0.15, 0.2) is 11.4 Å². The van der Waals surface area contributed by atoms with Crippen molar-refractivity contribution in [3.05, 3.63) is 21.9 Å². The van der Waals surface area contributed by atoms with Crippen molar-refractivity contribution < 1.29 is 4.79 Å². The van der Waals surface area contributed by atoms with Crippen LogP contribution in [-0.2, 0) is 11.3 Å². The first-order valence-corrected chi connectivity index (χ1v) is 6.57. The highest BCUT2D eigenvalue weighted by molar-refractivity contribution is 7.10. The third-order valence-electron chi connectivity index (χ3n) is 2.68. The molecule has 4 heteroatoms. The molecular weight excluding hydrogens is 220 g/mol. The molecule has 1 aromatic heterocycles. The van der Waals surface area contributed by atoms with E-state index in [1.807, 2.05) is 5.38 Å². The van der Waals surface area contributed by atoms with Crippen LogP contribution in [0.5, 0.6) is 0 Å². The molecule has 16 heavy (non-hydrogen) atoms. The summed E-state index contributed by atoms with van der Waals surface area (Å²) in [5.41, 5.74) is 6.82. The van der Waals surface area contributed by atoms with E-state index >= 15 is 0 Å². The lowest BCUT2D eigenvalue weighted by Crippen LogP contribution is -2.34. The van der Waals surface area contributed by atoms with Crippen LogP contribution in [0.3, 0.4) is 0 Å². The lowest BCUT2D eigenvalue weighted by atomic mass is 10.0. The summed E-state index contributed by atoms with van der Waals surface area (Å²) in [4.78, 5) is 13.0. The Bertz CT molecular complexity index is 336. The smallest absolute Gasteiger partial charge is 0.224 e. The number of rotatable bonds is 6. The molecule has 3 N–H and O–H groups in total. The number of amides is 1. The zero-order valence-electron chi connectivity index (χ0n) is 9.95. The van der Waals surface area contributed by atoms with Gasteiger partial charge in [0.25, 0.3) is 0 Å². The van der Waals surface area contributed by atoms with Crippen LogP contribution < -0.4 is 11.1 Å². The van der Waals surface area contributed by atoms with Gasteiger partial charge in [0, 0.05) is 11.4 Å². The van der Waals surface area contributed by atoms with Crippen LogP contribution in [0.1, 0.15) is 30.2 Å². The van der Waals surface area contributed by atoms with Gasteiger partial charge in [0.2, 0.25) is 5.91 Å². The highest BCUT2D eigenvalue weighted by Gasteiger charge is 2.15. The zero-order valence-corrected chi connectivity index (χ0v) is 10.8. The largest absolute Gasteiger partial charge is 0.351 e. The highest BCUT2D eigenvalue weighted by atomic mass is 32.1. The van der Waals surface area contributed by atoms with Crippen molar-refractivity contribution in [1.82, 2.24) is 5.32 Å². The van der Waals surface area contributed by atoms with Crippen molar-refractivity contribution in [2.75, 3.05) is 6.54 Å². The van der Waals surface area contributed by atoms with E-state index in [9.17, 15) is 4.79 Å². The van der Waals surface area contributed by atoms with Crippen LogP contribution in [0.2, 0.25) is 0 Å². The Labute approximate surface area is 101 Å². The van der Waals surface area contributed by atoms with Crippen molar-refractivity contribution in [3.63, 3.8) is 0 Å². The van der Waals surface area contributed by atoms with E-state index in [0.29, 0.717) is 13.1 Å². The van der Waals surface area contributed by atoms with Gasteiger partial charge in [-0.2, -0.15) is 0 Å². The summed E-state index contributed by atoms with van der Waals surface area (Å²) in [7, 11) is 0. The summed E-state index contributed by atoms with van der Waals surface area (Å²) >= 11 is 1.68. The number of carbonyl (C=O) groups is 1. The molecule has 0 bridgehead atoms. The molecule has 0 aliphatic carbocycles. The minimum atomic E-state index is -0.0368. The van der Waals surface area contributed by atoms with Gasteiger partial charge >= 0.3 is 0 Å². The van der Waals surface area contributed by atoms with E-state index in [0.717, 1.165) is 12.8 Å². The lowest BCUT2D eigenvalue weighted by Gasteiger charge is -2.13. The Balaban J connectivity index is 2.42. The maximum Gasteiger partial charge on any atom is 0.224 e. The van der Waals surface area contributed by atoms with Gasteiger partial charge in [0.05, 0.1) is 12.5 Å². The first-order valence-electron chi connectivity index (χ1n) is 5.69. The monoisotopic (exact) mass is 240 g/mol. The fourth-order valence-electron chi connectivity index (χ4n) is 1.60. The predicted octanol–water partition coefficient (Wildman–Crippen LogP) is 2.05. The summed E-state index contributed by atoms with van der Waals surface area (Å²) in [6.07, 6.45) is 1.86. The molecule has 1 amide bonds. The van der Waals surface area contributed by atoms with Crippen LogP contribution in [-0.4, -0.2) is 12.5 Å². The summed E-state index contributed by atoms with van der Waals surface area (Å²) in [5, 5.41) is 5.00. The molecule has 0 spiro atoms. The minimum absolute atomic E-state index is 0.0368. The number of hydrogen-bond acceptors (Lipinski definition) is 3. The third-order valence-corrected chi connectivity index (χ3v) is 3.71. The van der Waals surface area contributed by atoms with E-state index in [4.69, 9.17) is 5.73 Å². The Morgan fingerprint density at radius 1 is 1.62 bits per heavy atom. The molecule has 0 aromatic carbocycles. The second-order valence-electron chi connectivity index (χ2n) is 3.97. The molecule has 0 saturated heterocycles. The van der Waals surface area contributed by atoms with Gasteiger partial charge in [-0.25, -0.2) is 0 Å². The van der Waals surface area contributed by atoms with Crippen LogP contribution >= 0.6 is 11.3 Å². The molecule has 0 fully saturated rings. The number of thiophene rings is 1. The highest BCUT2D eigenvalue weighted by Crippen LogP contribution is 2.15. The third kappa shape index (κ3) is 3.61. The molecule has 1 aromatic rings. The standard InChI is InChI=1S/C12H20N2OS/c1-3-4-10(7-13)12(15)14-8-11-9(2)5-6-16-11/h5-6,10H,3-4,7-8,13H2,1-2H3,(H,14,15). The van der Waals surface area contributed by atoms with Gasteiger partial charge in [0.15, 0.2) is 0 Å². The van der Waals surface area contributed by atoms with Gasteiger partial charge in [-0.1, -0.05) is 13.3 Å². The molecule has 3 nitrogen and oxygen atoms in total. The number of nitrogens with two attached hydrogens (primary N) is 1. The summed E-state index contributed by atoms with van der Waals surface area (Å²) in [5.74, 6) is 0.0439. The Morgan fingerprint density at radius 3 is 2.88 bits per heavy atom. The van der Waals surface area contributed by atoms with Crippen molar-refractivity contribution in [2.24, 2.45) is 11.7 Å². The van der Waals surface area contributed by atoms with Crippen LogP contribution in [0.4, 0.5) is 0 Å². The topological polar surface area (TPSA) is 55.1 Å². The van der Waals surface area contributed by atoms with Crippen molar-refractivity contribution >= 4 is 17.2 Å². The number of hydrogen-bond donors (Lipinski definition) is 2. The first-order chi connectivity index (χ1) is 7.69. The summed E-state index contributed by atoms with van der Waals surface area (Å²) in [6, 6.07) is 2.07. The fourth-order valence-corrected chi connectivity index (χ4v) is 2.45. The van der Waals surface area contributed by atoms with Gasteiger partial charge in [-0.05, 0) is 30.4 Å². The Kier molecular flexibility index (Phi) is 5.49. The normalized spacial score (nSPS) is 12.4. The SMILES string of the molecule is CCCC(CN)C(=O)NCc1sccc1C. The summed E-state index contributed by atoms with van der Waals surface area (Å²) < 4.78 is 0.